The van der Waals surface area contributed by atoms with Gasteiger partial charge in [0, 0.05) is 17.1 Å². The maximum Gasteiger partial charge on any atom is 0.324 e. The molecule has 22 heavy (non-hydrogen) atoms. The number of halogens is 1. The molecule has 1 aliphatic heterocycles. The summed E-state index contributed by atoms with van der Waals surface area (Å²) in [5.41, 5.74) is 1.89. The van der Waals surface area contributed by atoms with Crippen LogP contribution in [0.25, 0.3) is 0 Å². The van der Waals surface area contributed by atoms with Gasteiger partial charge in [-0.1, -0.05) is 6.07 Å². The minimum Gasteiger partial charge on any atom is -0.312 e. The number of nitrogens with zero attached hydrogens (tertiary/aromatic N) is 1. The molecular formula is C15H13FN4OS. The van der Waals surface area contributed by atoms with Crippen molar-refractivity contribution in [3.8, 4) is 6.07 Å². The van der Waals surface area contributed by atoms with E-state index in [1.165, 1.54) is 29.5 Å². The van der Waals surface area contributed by atoms with E-state index in [0.717, 1.165) is 23.4 Å². The second-order valence-electron chi connectivity index (χ2n) is 4.84. The number of fused-ring (bicyclic) bond motifs is 1. The van der Waals surface area contributed by atoms with Gasteiger partial charge >= 0.3 is 6.03 Å². The van der Waals surface area contributed by atoms with E-state index in [0.29, 0.717) is 22.8 Å². The van der Waals surface area contributed by atoms with Gasteiger partial charge in [-0.15, -0.1) is 11.3 Å². The number of carbonyl (C=O) groups excluding carboxylic acids is 1. The Kier molecular flexibility index (Phi) is 4.04. The molecule has 1 aromatic heterocycles. The molecule has 0 atom stereocenters. The largest absolute Gasteiger partial charge is 0.324 e. The lowest BCUT2D eigenvalue weighted by Gasteiger charge is -2.11. The highest BCUT2D eigenvalue weighted by atomic mass is 32.1. The van der Waals surface area contributed by atoms with Gasteiger partial charge < -0.3 is 10.6 Å². The van der Waals surface area contributed by atoms with Crippen molar-refractivity contribution in [1.29, 1.82) is 5.26 Å². The summed E-state index contributed by atoms with van der Waals surface area (Å²) in [6.45, 7) is 1.54. The topological polar surface area (TPSA) is 77.0 Å². The quantitative estimate of drug-likeness (QED) is 0.797. The number of urea groups is 1. The van der Waals surface area contributed by atoms with E-state index >= 15 is 0 Å². The predicted octanol–water partition coefficient (Wildman–Crippen LogP) is 3.05. The van der Waals surface area contributed by atoms with Crippen LogP contribution in [0.2, 0.25) is 0 Å². The molecule has 0 saturated heterocycles. The Morgan fingerprint density at radius 1 is 1.41 bits per heavy atom. The maximum atomic E-state index is 13.1. The zero-order chi connectivity index (χ0) is 15.5. The predicted molar refractivity (Wildman–Crippen MR) is 83.5 cm³/mol. The van der Waals surface area contributed by atoms with Crippen molar-refractivity contribution in [3.05, 3.63) is 46.1 Å². The molecule has 2 amide bonds. The minimum atomic E-state index is -0.492. The summed E-state index contributed by atoms with van der Waals surface area (Å²) in [5, 5.41) is 18.3. The second kappa shape index (κ2) is 6.13. The molecule has 2 aromatic rings. The van der Waals surface area contributed by atoms with Crippen molar-refractivity contribution in [2.45, 2.75) is 13.0 Å². The van der Waals surface area contributed by atoms with Crippen LogP contribution in [0, 0.1) is 17.1 Å². The van der Waals surface area contributed by atoms with Crippen LogP contribution in [0.5, 0.6) is 0 Å². The third-order valence-electron chi connectivity index (χ3n) is 3.35. The number of amides is 2. The molecule has 0 fully saturated rings. The molecule has 0 aliphatic carbocycles. The highest BCUT2D eigenvalue weighted by Gasteiger charge is 2.21. The minimum absolute atomic E-state index is 0.360. The van der Waals surface area contributed by atoms with Gasteiger partial charge in [-0.05, 0) is 36.7 Å². The Bertz CT molecular complexity index is 765. The van der Waals surface area contributed by atoms with Gasteiger partial charge in [-0.3, -0.25) is 5.32 Å². The van der Waals surface area contributed by atoms with Gasteiger partial charge in [-0.25, -0.2) is 9.18 Å². The van der Waals surface area contributed by atoms with E-state index in [-0.39, 0.29) is 0 Å². The fourth-order valence-corrected chi connectivity index (χ4v) is 3.54. The van der Waals surface area contributed by atoms with E-state index in [4.69, 9.17) is 0 Å². The lowest BCUT2D eigenvalue weighted by atomic mass is 10.1. The summed E-state index contributed by atoms with van der Waals surface area (Å²) in [7, 11) is 0. The molecule has 1 aliphatic rings. The summed E-state index contributed by atoms with van der Waals surface area (Å²) in [5.74, 6) is -0.423. The fraction of sp³-hybridized carbons (Fsp3) is 0.200. The first-order chi connectivity index (χ1) is 10.7. The van der Waals surface area contributed by atoms with Gasteiger partial charge in [0.15, 0.2) is 0 Å². The SMILES string of the molecule is N#Cc1c(NC(=O)Nc2cccc(F)c2)sc2c1CCNC2. The van der Waals surface area contributed by atoms with Gasteiger partial charge in [0.05, 0.1) is 5.56 Å². The second-order valence-corrected chi connectivity index (χ2v) is 5.94. The van der Waals surface area contributed by atoms with Crippen LogP contribution in [0.1, 0.15) is 16.0 Å². The summed E-state index contributed by atoms with van der Waals surface area (Å²) in [6, 6.07) is 7.31. The first-order valence-corrected chi connectivity index (χ1v) is 7.58. The number of benzene rings is 1. The van der Waals surface area contributed by atoms with Crippen molar-refractivity contribution < 1.29 is 9.18 Å². The van der Waals surface area contributed by atoms with Crippen LogP contribution < -0.4 is 16.0 Å². The molecule has 0 bridgehead atoms. The Morgan fingerprint density at radius 2 is 2.27 bits per heavy atom. The first kappa shape index (κ1) is 14.5. The van der Waals surface area contributed by atoms with Gasteiger partial charge in [0.25, 0.3) is 0 Å². The molecule has 112 valence electrons. The van der Waals surface area contributed by atoms with Crippen LogP contribution >= 0.6 is 11.3 Å². The van der Waals surface area contributed by atoms with E-state index in [1.54, 1.807) is 6.07 Å². The van der Waals surface area contributed by atoms with Crippen molar-refractivity contribution >= 4 is 28.1 Å². The molecule has 5 nitrogen and oxygen atoms in total. The standard InChI is InChI=1S/C15H13FN4OS/c16-9-2-1-3-10(6-9)19-15(21)20-14-12(7-17)11-4-5-18-8-13(11)22-14/h1-3,6,18H,4-5,8H2,(H2,19,20,21). The lowest BCUT2D eigenvalue weighted by Crippen LogP contribution is -2.22. The average molecular weight is 316 g/mol. The Labute approximate surface area is 130 Å². The zero-order valence-electron chi connectivity index (χ0n) is 11.6. The lowest BCUT2D eigenvalue weighted by molar-refractivity contribution is 0.262. The van der Waals surface area contributed by atoms with Crippen LogP contribution in [-0.4, -0.2) is 12.6 Å². The van der Waals surface area contributed by atoms with E-state index in [9.17, 15) is 14.4 Å². The highest BCUT2D eigenvalue weighted by molar-refractivity contribution is 7.16. The molecule has 0 saturated carbocycles. The van der Waals surface area contributed by atoms with Crippen molar-refractivity contribution in [1.82, 2.24) is 5.32 Å². The summed E-state index contributed by atoms with van der Waals surface area (Å²) >= 11 is 1.40. The molecule has 2 heterocycles. The third kappa shape index (κ3) is 2.93. The molecule has 3 N–H and O–H groups in total. The van der Waals surface area contributed by atoms with Crippen LogP contribution in [0.3, 0.4) is 0 Å². The molecule has 7 heteroatoms. The fourth-order valence-electron chi connectivity index (χ4n) is 2.37. The zero-order valence-corrected chi connectivity index (χ0v) is 12.4. The molecule has 0 unspecified atom stereocenters. The first-order valence-electron chi connectivity index (χ1n) is 6.76. The number of carbonyl (C=O) groups is 1. The van der Waals surface area contributed by atoms with E-state index < -0.39 is 11.8 Å². The molecule has 3 rings (SSSR count). The van der Waals surface area contributed by atoms with E-state index in [2.05, 4.69) is 22.0 Å². The molecular weight excluding hydrogens is 303 g/mol. The Balaban J connectivity index is 1.77. The van der Waals surface area contributed by atoms with Gasteiger partial charge in [-0.2, -0.15) is 5.26 Å². The normalized spacial score (nSPS) is 13.1. The van der Waals surface area contributed by atoms with Crippen LogP contribution in [0.4, 0.5) is 19.9 Å². The highest BCUT2D eigenvalue weighted by Crippen LogP contribution is 2.34. The molecule has 0 radical (unpaired) electrons. The van der Waals surface area contributed by atoms with Crippen LogP contribution in [0.15, 0.2) is 24.3 Å². The van der Waals surface area contributed by atoms with E-state index in [1.807, 2.05) is 0 Å². The molecule has 0 spiro atoms. The number of rotatable bonds is 2. The summed E-state index contributed by atoms with van der Waals surface area (Å²) in [4.78, 5) is 13.1. The number of thiophene rings is 1. The summed E-state index contributed by atoms with van der Waals surface area (Å²) < 4.78 is 13.1. The smallest absolute Gasteiger partial charge is 0.312 e. The monoisotopic (exact) mass is 316 g/mol. The number of nitrogens with one attached hydrogen (secondary N) is 3. The number of nitriles is 1. The van der Waals surface area contributed by atoms with Crippen molar-refractivity contribution in [2.75, 3.05) is 17.2 Å². The Hall–Kier alpha value is -2.43. The van der Waals surface area contributed by atoms with Gasteiger partial charge in [0.2, 0.25) is 0 Å². The van der Waals surface area contributed by atoms with Crippen LogP contribution in [-0.2, 0) is 13.0 Å². The molecule has 1 aromatic carbocycles. The number of hydrogen-bond acceptors (Lipinski definition) is 4. The maximum absolute atomic E-state index is 13.1. The summed E-state index contributed by atoms with van der Waals surface area (Å²) in [6.07, 6.45) is 0.780. The average Bonchev–Trinajstić information content (AvgIpc) is 2.83. The Morgan fingerprint density at radius 3 is 3.05 bits per heavy atom. The van der Waals surface area contributed by atoms with Crippen molar-refractivity contribution in [2.24, 2.45) is 0 Å². The third-order valence-corrected chi connectivity index (χ3v) is 4.50. The van der Waals surface area contributed by atoms with Gasteiger partial charge in [0.1, 0.15) is 16.9 Å². The number of anilines is 2. The van der Waals surface area contributed by atoms with Crippen molar-refractivity contribution in [3.63, 3.8) is 0 Å². The number of hydrogen-bond donors (Lipinski definition) is 3.